The highest BCUT2D eigenvalue weighted by molar-refractivity contribution is 7.93. The standard InChI is InChI=1S/C21H27ClF3N5O6S2/c1-5-29-11-17(18(22)28-29)38(34,35)30-10-13(12-37(32,33)6-2)7-15-16(30)8-14(9-26-15)27-19(31)36-20(3,4)21(23,24)25/h8-9,11,13H,5-7,10,12H2,1-4H3,(H,27,31). The van der Waals surface area contributed by atoms with Gasteiger partial charge in [-0.2, -0.15) is 18.3 Å². The second-order valence-electron chi connectivity index (χ2n) is 9.16. The van der Waals surface area contributed by atoms with Crippen molar-refractivity contribution in [3.05, 3.63) is 29.3 Å². The summed E-state index contributed by atoms with van der Waals surface area (Å²) in [5.74, 6) is -1.08. The molecule has 2 aromatic heterocycles. The topological polar surface area (TPSA) is 141 Å². The van der Waals surface area contributed by atoms with E-state index in [0.29, 0.717) is 20.4 Å². The van der Waals surface area contributed by atoms with E-state index in [1.165, 1.54) is 23.9 Å². The van der Waals surface area contributed by atoms with Gasteiger partial charge in [0.15, 0.2) is 5.15 Å². The van der Waals surface area contributed by atoms with Crippen LogP contribution in [0.25, 0.3) is 0 Å². The lowest BCUT2D eigenvalue weighted by Crippen LogP contribution is -2.44. The van der Waals surface area contributed by atoms with Gasteiger partial charge in [-0.1, -0.05) is 18.5 Å². The molecule has 1 aliphatic rings. The van der Waals surface area contributed by atoms with Gasteiger partial charge in [-0.05, 0) is 39.2 Å². The smallest absolute Gasteiger partial charge is 0.427 e. The van der Waals surface area contributed by atoms with E-state index < -0.39 is 43.6 Å². The fourth-order valence-corrected chi connectivity index (χ4v) is 6.86. The molecule has 3 rings (SSSR count). The van der Waals surface area contributed by atoms with Crippen LogP contribution in [0.4, 0.5) is 29.3 Å². The summed E-state index contributed by atoms with van der Waals surface area (Å²) >= 11 is 6.10. The Morgan fingerprint density at radius 2 is 1.89 bits per heavy atom. The summed E-state index contributed by atoms with van der Waals surface area (Å²) in [7, 11) is -7.87. The molecule has 1 amide bonds. The van der Waals surface area contributed by atoms with Gasteiger partial charge in [-0.15, -0.1) is 0 Å². The number of nitrogens with zero attached hydrogens (tertiary/aromatic N) is 4. The van der Waals surface area contributed by atoms with E-state index in [1.54, 1.807) is 6.92 Å². The number of carbonyl (C=O) groups excluding carboxylic acids is 1. The molecule has 0 aromatic carbocycles. The summed E-state index contributed by atoms with van der Waals surface area (Å²) in [4.78, 5) is 16.0. The number of nitrogens with one attached hydrogen (secondary N) is 1. The van der Waals surface area contributed by atoms with Crippen molar-refractivity contribution < 1.29 is 39.5 Å². The van der Waals surface area contributed by atoms with Crippen molar-refractivity contribution in [3.8, 4) is 0 Å². The molecule has 0 saturated heterocycles. The van der Waals surface area contributed by atoms with E-state index in [-0.39, 0.29) is 51.6 Å². The third-order valence-corrected chi connectivity index (χ3v) is 9.94. The number of sulfonamides is 1. The van der Waals surface area contributed by atoms with Crippen LogP contribution in [0.2, 0.25) is 5.15 Å². The minimum absolute atomic E-state index is 0.00310. The first-order valence-electron chi connectivity index (χ1n) is 11.4. The third-order valence-electron chi connectivity index (χ3n) is 5.91. The number of aromatic nitrogens is 3. The molecule has 1 aliphatic heterocycles. The molecule has 1 N–H and O–H groups in total. The molecule has 0 aliphatic carbocycles. The van der Waals surface area contributed by atoms with E-state index in [1.807, 2.05) is 0 Å². The van der Waals surface area contributed by atoms with Gasteiger partial charge in [0.25, 0.3) is 10.0 Å². The number of alkyl halides is 3. The summed E-state index contributed by atoms with van der Waals surface area (Å²) < 4.78 is 98.0. The molecule has 1 unspecified atom stereocenters. The maximum absolute atomic E-state index is 13.7. The Kier molecular flexibility index (Phi) is 8.30. The number of amides is 1. The largest absolute Gasteiger partial charge is 0.434 e. The average Bonchev–Trinajstić information content (AvgIpc) is 3.19. The SMILES string of the molecule is CCn1cc(S(=O)(=O)N2CC(CS(=O)(=O)CC)Cc3ncc(NC(=O)OC(C)(C)C(F)(F)F)cc32)c(Cl)n1. The summed E-state index contributed by atoms with van der Waals surface area (Å²) in [5.41, 5.74) is -2.71. The Hall–Kier alpha value is -2.59. The number of sulfone groups is 1. The Morgan fingerprint density at radius 3 is 2.45 bits per heavy atom. The van der Waals surface area contributed by atoms with Crippen LogP contribution in [0.15, 0.2) is 23.4 Å². The molecule has 38 heavy (non-hydrogen) atoms. The quantitative estimate of drug-likeness (QED) is 0.483. The van der Waals surface area contributed by atoms with Crippen LogP contribution in [0.3, 0.4) is 0 Å². The van der Waals surface area contributed by atoms with Crippen molar-refractivity contribution in [2.45, 2.75) is 57.3 Å². The summed E-state index contributed by atoms with van der Waals surface area (Å²) in [6, 6.07) is 1.21. The zero-order valence-electron chi connectivity index (χ0n) is 20.9. The number of aryl methyl sites for hydroxylation is 1. The zero-order chi connectivity index (χ0) is 28.7. The molecular formula is C21H27ClF3N5O6S2. The number of pyridine rings is 1. The second kappa shape index (κ2) is 10.5. The van der Waals surface area contributed by atoms with Crippen LogP contribution in [0.5, 0.6) is 0 Å². The number of carbonyl (C=O) groups is 1. The predicted octanol–water partition coefficient (Wildman–Crippen LogP) is 3.64. The molecule has 0 saturated carbocycles. The molecule has 11 nitrogen and oxygen atoms in total. The van der Waals surface area contributed by atoms with Gasteiger partial charge >= 0.3 is 12.3 Å². The lowest BCUT2D eigenvalue weighted by Gasteiger charge is -2.34. The molecule has 1 atom stereocenters. The van der Waals surface area contributed by atoms with Gasteiger partial charge in [0, 0.05) is 25.0 Å². The van der Waals surface area contributed by atoms with Crippen molar-refractivity contribution >= 4 is 48.9 Å². The number of anilines is 2. The zero-order valence-corrected chi connectivity index (χ0v) is 23.3. The van der Waals surface area contributed by atoms with E-state index in [2.05, 4.69) is 20.1 Å². The molecule has 0 fully saturated rings. The van der Waals surface area contributed by atoms with Gasteiger partial charge in [-0.3, -0.25) is 19.3 Å². The van der Waals surface area contributed by atoms with Crippen molar-refractivity contribution in [1.29, 1.82) is 0 Å². The van der Waals surface area contributed by atoms with Crippen LogP contribution in [-0.2, 0) is 37.6 Å². The number of hydrogen-bond donors (Lipinski definition) is 1. The maximum Gasteiger partial charge on any atom is 0.427 e. The van der Waals surface area contributed by atoms with Gasteiger partial charge in [0.2, 0.25) is 5.60 Å². The number of rotatable bonds is 8. The molecule has 3 heterocycles. The summed E-state index contributed by atoms with van der Waals surface area (Å²) in [5, 5.41) is 5.79. The van der Waals surface area contributed by atoms with Crippen molar-refractivity contribution in [1.82, 2.24) is 14.8 Å². The van der Waals surface area contributed by atoms with Crippen molar-refractivity contribution in [3.63, 3.8) is 0 Å². The molecule has 2 aromatic rings. The molecular weight excluding hydrogens is 575 g/mol. The number of halogens is 4. The Balaban J connectivity index is 2.02. The van der Waals surface area contributed by atoms with Crippen LogP contribution in [0, 0.1) is 5.92 Å². The van der Waals surface area contributed by atoms with E-state index >= 15 is 0 Å². The highest BCUT2D eigenvalue weighted by Gasteiger charge is 2.51. The first-order valence-corrected chi connectivity index (χ1v) is 15.1. The molecule has 17 heteroatoms. The van der Waals surface area contributed by atoms with Crippen LogP contribution < -0.4 is 9.62 Å². The summed E-state index contributed by atoms with van der Waals surface area (Å²) in [6.45, 7) is 4.64. The van der Waals surface area contributed by atoms with Crippen LogP contribution in [0.1, 0.15) is 33.4 Å². The van der Waals surface area contributed by atoms with Crippen LogP contribution in [-0.4, -0.2) is 67.5 Å². The number of hydrogen-bond acceptors (Lipinski definition) is 8. The van der Waals surface area contributed by atoms with E-state index in [0.717, 1.165) is 10.5 Å². The minimum Gasteiger partial charge on any atom is -0.434 e. The molecule has 0 spiro atoms. The van der Waals surface area contributed by atoms with Gasteiger partial charge in [0.1, 0.15) is 14.7 Å². The highest BCUT2D eigenvalue weighted by Crippen LogP contribution is 2.37. The lowest BCUT2D eigenvalue weighted by molar-refractivity contribution is -0.242. The van der Waals surface area contributed by atoms with Gasteiger partial charge in [0.05, 0.1) is 29.0 Å². The predicted molar refractivity (Wildman–Crippen MR) is 133 cm³/mol. The van der Waals surface area contributed by atoms with E-state index in [4.69, 9.17) is 11.6 Å². The number of fused-ring (bicyclic) bond motifs is 1. The second-order valence-corrected chi connectivity index (χ2v) is 13.7. The van der Waals surface area contributed by atoms with Crippen LogP contribution >= 0.6 is 11.6 Å². The lowest BCUT2D eigenvalue weighted by atomic mass is 9.99. The fraction of sp³-hybridized carbons (Fsp3) is 0.571. The van der Waals surface area contributed by atoms with E-state index in [9.17, 15) is 34.8 Å². The number of ether oxygens (including phenoxy) is 1. The third kappa shape index (κ3) is 6.34. The monoisotopic (exact) mass is 601 g/mol. The Bertz CT molecular complexity index is 1430. The minimum atomic E-state index is -4.83. The average molecular weight is 602 g/mol. The first kappa shape index (κ1) is 30.0. The molecule has 212 valence electrons. The molecule has 0 radical (unpaired) electrons. The van der Waals surface area contributed by atoms with Gasteiger partial charge in [-0.25, -0.2) is 21.6 Å². The molecule has 0 bridgehead atoms. The Labute approximate surface area is 223 Å². The fourth-order valence-electron chi connectivity index (χ4n) is 3.68. The van der Waals surface area contributed by atoms with Crippen molar-refractivity contribution in [2.75, 3.05) is 27.7 Å². The van der Waals surface area contributed by atoms with Gasteiger partial charge < -0.3 is 4.74 Å². The normalized spacial score (nSPS) is 16.7. The Morgan fingerprint density at radius 1 is 1.24 bits per heavy atom. The maximum atomic E-state index is 13.7. The summed E-state index contributed by atoms with van der Waals surface area (Å²) in [6.07, 6.45) is -3.81. The van der Waals surface area contributed by atoms with Crippen molar-refractivity contribution in [2.24, 2.45) is 5.92 Å². The first-order chi connectivity index (χ1) is 17.4. The highest BCUT2D eigenvalue weighted by atomic mass is 35.5.